The molecule has 1 unspecified atom stereocenters. The number of H-pyrrole nitrogens is 3. The monoisotopic (exact) mass is 1190 g/mol. The van der Waals surface area contributed by atoms with Crippen LogP contribution in [0.5, 0.6) is 5.88 Å². The molecule has 1 atom stereocenters. The van der Waals surface area contributed by atoms with Crippen molar-refractivity contribution in [2.24, 2.45) is 5.41 Å². The third kappa shape index (κ3) is 19.0. The van der Waals surface area contributed by atoms with Crippen molar-refractivity contribution in [2.75, 3.05) is 19.8 Å². The van der Waals surface area contributed by atoms with Crippen LogP contribution in [0.1, 0.15) is 96.4 Å². The third-order valence-corrected chi connectivity index (χ3v) is 13.4. The molecule has 0 spiro atoms. The van der Waals surface area contributed by atoms with Crippen LogP contribution >= 0.6 is 58.0 Å². The number of hydrogen-bond donors (Lipinski definition) is 4. The highest BCUT2D eigenvalue weighted by atomic mass is 35.5. The van der Waals surface area contributed by atoms with Crippen molar-refractivity contribution in [2.45, 2.75) is 94.9 Å². The molecule has 0 saturated carbocycles. The average Bonchev–Trinajstić information content (AvgIpc) is 3.99. The van der Waals surface area contributed by atoms with E-state index in [9.17, 15) is 28.8 Å². The number of Topliss-reactive ketones (excluding diaryl/α,β-unsaturated/α-hetero) is 2. The zero-order valence-corrected chi connectivity index (χ0v) is 50.0. The minimum Gasteiger partial charge on any atom is -0.480 e. The van der Waals surface area contributed by atoms with Gasteiger partial charge in [-0.3, -0.25) is 39.0 Å². The molecule has 7 aromatic rings. The quantitative estimate of drug-likeness (QED) is 0.0431. The van der Waals surface area contributed by atoms with Gasteiger partial charge >= 0.3 is 17.9 Å². The number of nitrogens with zero attached hydrogens (tertiary/aromatic N) is 1. The average molecular weight is 1190 g/mol. The Hall–Kier alpha value is -7.12. The number of carbonyl (C=O) groups is 5. The van der Waals surface area contributed by atoms with E-state index in [1.54, 1.807) is 44.2 Å². The van der Waals surface area contributed by atoms with E-state index in [4.69, 9.17) is 77.3 Å². The highest BCUT2D eigenvalue weighted by Crippen LogP contribution is 2.37. The fraction of sp³-hybridized carbons (Fsp3) is 0.295. The SMILES string of the molecule is CCOC(=O)C(C(C)=O)c1ccc(C)cc1Cl.CCOC(=O)Cc1ccc(C)cc1Cl.Cc1ccc(-c2c(C)[nH][nH]c2=O)c(Cl)c1.Cc1ccc(-c2c(OCC(=O)Cc3ccc(C#CC(C)(C)C(=O)O)cc3Cl)n[nH]c2C)c(Cl)c1. The Balaban J connectivity index is 0.000000251. The van der Waals surface area contributed by atoms with E-state index in [1.807, 2.05) is 102 Å². The van der Waals surface area contributed by atoms with Gasteiger partial charge in [-0.05, 0) is 152 Å². The molecule has 7 rings (SSSR count). The standard InChI is InChI=1S/C26H24Cl2N2O4.C13H15ClO3.C11H11ClN2O.C11H13ClO2/c1-15-5-8-20(22(28)11-15)23-16(2)29-30-24(23)34-14-19(31)13-18-7-6-17(12-21(18)27)9-10-26(3,4)25(32)33;1-4-17-13(16)12(9(3)15)10-6-5-8(2)7-11(10)14;1-6-3-4-8(9(12)5-6)10-7(2)13-14-11(10)15;1-3-14-11(13)7-9-5-4-8(2)6-10(9)12/h5-8,11-12H,13-14H2,1-4H3,(H,29,30)(H,32,33);5-7,12H,4H2,1-3H3;3-5H,1-2H3,(H2,13,14,15);4-6H,3,7H2,1-2H3. The fourth-order valence-electron chi connectivity index (χ4n) is 7.47. The number of aryl methyl sites for hydroxylation is 6. The molecule has 0 aliphatic carbocycles. The lowest BCUT2D eigenvalue weighted by molar-refractivity contribution is -0.148. The maximum atomic E-state index is 12.6. The summed E-state index contributed by atoms with van der Waals surface area (Å²) in [6, 6.07) is 27.2. The molecular formula is C61H63Cl5N4O10. The molecule has 4 N–H and O–H groups in total. The van der Waals surface area contributed by atoms with Gasteiger partial charge in [-0.1, -0.05) is 124 Å². The minimum absolute atomic E-state index is 0.0667. The van der Waals surface area contributed by atoms with Crippen molar-refractivity contribution in [3.8, 4) is 40.0 Å². The Kier molecular flexibility index (Phi) is 24.9. The van der Waals surface area contributed by atoms with Gasteiger partial charge in [0.2, 0.25) is 5.88 Å². The predicted molar refractivity (Wildman–Crippen MR) is 317 cm³/mol. The topological polar surface area (TPSA) is 211 Å². The van der Waals surface area contributed by atoms with Crippen molar-refractivity contribution >= 4 is 87.5 Å². The number of carboxylic acids is 1. The Labute approximate surface area is 490 Å². The van der Waals surface area contributed by atoms with Crippen LogP contribution in [-0.2, 0) is 46.3 Å². The zero-order chi connectivity index (χ0) is 59.6. The van der Waals surface area contributed by atoms with Crippen molar-refractivity contribution in [3.63, 3.8) is 0 Å². The highest BCUT2D eigenvalue weighted by Gasteiger charge is 2.29. The van der Waals surface area contributed by atoms with E-state index >= 15 is 0 Å². The number of nitrogens with one attached hydrogen (secondary N) is 3. The number of ether oxygens (including phenoxy) is 3. The Morgan fingerprint density at radius 2 is 1.15 bits per heavy atom. The van der Waals surface area contributed by atoms with Gasteiger partial charge < -0.3 is 24.4 Å². The molecular weight excluding hydrogens is 1130 g/mol. The molecule has 0 saturated heterocycles. The third-order valence-electron chi connectivity index (χ3n) is 11.8. The summed E-state index contributed by atoms with van der Waals surface area (Å²) in [6.45, 7) is 19.8. The van der Waals surface area contributed by atoms with Gasteiger partial charge in [-0.25, -0.2) is 0 Å². The Morgan fingerprint density at radius 1 is 0.637 bits per heavy atom. The number of aromatic nitrogens is 4. The molecule has 5 aromatic carbocycles. The number of aliphatic carboxylic acids is 1. The number of esters is 2. The Bertz CT molecular complexity index is 3500. The molecule has 0 aliphatic rings. The van der Waals surface area contributed by atoms with Gasteiger partial charge in [0.25, 0.3) is 5.56 Å². The van der Waals surface area contributed by atoms with E-state index in [0.29, 0.717) is 65.4 Å². The van der Waals surface area contributed by atoms with E-state index in [1.165, 1.54) is 20.8 Å². The van der Waals surface area contributed by atoms with E-state index in [-0.39, 0.29) is 49.2 Å². The number of aromatic amines is 3. The lowest BCUT2D eigenvalue weighted by Gasteiger charge is -2.14. The van der Waals surface area contributed by atoms with Gasteiger partial charge in [-0.15, -0.1) is 5.10 Å². The normalized spacial score (nSPS) is 10.9. The van der Waals surface area contributed by atoms with Crippen LogP contribution in [0.15, 0.2) is 95.8 Å². The van der Waals surface area contributed by atoms with Gasteiger partial charge in [0.15, 0.2) is 5.78 Å². The van der Waals surface area contributed by atoms with E-state index in [0.717, 1.165) is 50.3 Å². The van der Waals surface area contributed by atoms with Crippen LogP contribution in [0.2, 0.25) is 25.1 Å². The smallest absolute Gasteiger partial charge is 0.321 e. The van der Waals surface area contributed by atoms with Gasteiger partial charge in [0, 0.05) is 59.6 Å². The molecule has 0 bridgehead atoms. The number of benzene rings is 5. The summed E-state index contributed by atoms with van der Waals surface area (Å²) in [7, 11) is 0. The summed E-state index contributed by atoms with van der Waals surface area (Å²) in [5.41, 5.74) is 9.80. The summed E-state index contributed by atoms with van der Waals surface area (Å²) < 4.78 is 15.4. The second kappa shape index (κ2) is 30.5. The highest BCUT2D eigenvalue weighted by molar-refractivity contribution is 6.34. The lowest BCUT2D eigenvalue weighted by Crippen LogP contribution is -2.22. The molecule has 2 aromatic heterocycles. The number of ketones is 2. The molecule has 0 amide bonds. The minimum atomic E-state index is -1.18. The van der Waals surface area contributed by atoms with Gasteiger partial charge in [0.1, 0.15) is 23.7 Å². The molecule has 0 radical (unpaired) electrons. The summed E-state index contributed by atoms with van der Waals surface area (Å²) in [5, 5.41) is 24.1. The predicted octanol–water partition coefficient (Wildman–Crippen LogP) is 13.9. The summed E-state index contributed by atoms with van der Waals surface area (Å²) in [5.74, 6) is 2.66. The van der Waals surface area contributed by atoms with Crippen molar-refractivity contribution in [1.29, 1.82) is 0 Å². The maximum absolute atomic E-state index is 12.6. The maximum Gasteiger partial charge on any atom is 0.321 e. The van der Waals surface area contributed by atoms with Crippen LogP contribution < -0.4 is 10.3 Å². The molecule has 19 heteroatoms. The first-order valence-corrected chi connectivity index (χ1v) is 26.9. The van der Waals surface area contributed by atoms with Gasteiger partial charge in [0.05, 0.1) is 30.8 Å². The number of carboxylic acid groups (broad SMARTS) is 1. The van der Waals surface area contributed by atoms with Crippen LogP contribution in [-0.4, -0.2) is 74.8 Å². The molecule has 0 aliphatic heterocycles. The number of hydrogen-bond acceptors (Lipinski definition) is 10. The summed E-state index contributed by atoms with van der Waals surface area (Å²) >= 11 is 30.9. The fourth-order valence-corrected chi connectivity index (χ4v) is 9.03. The number of rotatable bonds is 15. The van der Waals surface area contributed by atoms with E-state index < -0.39 is 23.3 Å². The second-order valence-corrected chi connectivity index (χ2v) is 21.0. The molecule has 14 nitrogen and oxygen atoms in total. The lowest BCUT2D eigenvalue weighted by atomic mass is 9.94. The molecule has 0 fully saturated rings. The second-order valence-electron chi connectivity index (χ2n) is 19.0. The molecule has 422 valence electrons. The Morgan fingerprint density at radius 3 is 1.65 bits per heavy atom. The van der Waals surface area contributed by atoms with Crippen molar-refractivity contribution in [3.05, 3.63) is 182 Å². The first-order chi connectivity index (χ1) is 37.7. The number of carbonyl (C=O) groups excluding carboxylic acids is 4. The van der Waals surface area contributed by atoms with Crippen LogP contribution in [0.4, 0.5) is 0 Å². The van der Waals surface area contributed by atoms with Crippen molar-refractivity contribution < 1.29 is 43.3 Å². The van der Waals surface area contributed by atoms with Gasteiger partial charge in [-0.2, -0.15) is 0 Å². The summed E-state index contributed by atoms with van der Waals surface area (Å²) in [4.78, 5) is 69.7. The van der Waals surface area contributed by atoms with Crippen LogP contribution in [0, 0.1) is 58.8 Å². The first-order valence-electron chi connectivity index (χ1n) is 25.1. The largest absolute Gasteiger partial charge is 0.480 e. The summed E-state index contributed by atoms with van der Waals surface area (Å²) in [6.07, 6.45) is 0.310. The molecule has 80 heavy (non-hydrogen) atoms. The molecule has 2 heterocycles. The van der Waals surface area contributed by atoms with Crippen molar-refractivity contribution in [1.82, 2.24) is 20.4 Å². The zero-order valence-electron chi connectivity index (χ0n) is 46.2. The van der Waals surface area contributed by atoms with Crippen LogP contribution in [0.3, 0.4) is 0 Å². The van der Waals surface area contributed by atoms with Crippen LogP contribution in [0.25, 0.3) is 22.3 Å². The van der Waals surface area contributed by atoms with E-state index in [2.05, 4.69) is 32.2 Å². The first kappa shape index (κ1) is 65.4. The number of halogens is 5.